The quantitative estimate of drug-likeness (QED) is 0.541. The van der Waals surface area contributed by atoms with Gasteiger partial charge in [0.1, 0.15) is 11.2 Å². The number of fused-ring (bicyclic) bond motifs is 1. The molecule has 0 aromatic carbocycles. The van der Waals surface area contributed by atoms with Crippen LogP contribution in [0.3, 0.4) is 0 Å². The first kappa shape index (κ1) is 10.7. The largest absolute Gasteiger partial charge is 0.223 e. The van der Waals surface area contributed by atoms with E-state index in [-0.39, 0.29) is 14.2 Å². The molecule has 7 heteroatoms. The summed E-state index contributed by atoms with van der Waals surface area (Å²) in [5.41, 5.74) is 1.07. The zero-order valence-corrected chi connectivity index (χ0v) is 10.5. The predicted octanol–water partition coefficient (Wildman–Crippen LogP) is 2.86. The van der Waals surface area contributed by atoms with Gasteiger partial charge in [-0.2, -0.15) is 5.26 Å². The van der Waals surface area contributed by atoms with Crippen LogP contribution in [0.1, 0.15) is 11.3 Å². The topological polar surface area (TPSA) is 36.7 Å². The molecule has 1 unspecified atom stereocenters. The molecule has 0 amide bonds. The van der Waals surface area contributed by atoms with Crippen LogP contribution in [0.25, 0.3) is 0 Å². The van der Waals surface area contributed by atoms with Crippen molar-refractivity contribution in [3.05, 3.63) is 21.4 Å². The minimum absolute atomic E-state index is 0.178. The van der Waals surface area contributed by atoms with E-state index < -0.39 is 0 Å². The standard InChI is InChI=1S/C7H2Cl2N2S3/c8-5-4(1-10)11-7(9)3-2-14(12)13-6(3)5/h2H2. The third-order valence-electron chi connectivity index (χ3n) is 1.68. The van der Waals surface area contributed by atoms with Crippen molar-refractivity contribution in [2.24, 2.45) is 0 Å². The lowest BCUT2D eigenvalue weighted by molar-refractivity contribution is 1.15. The molecule has 1 aliphatic heterocycles. The average Bonchev–Trinajstić information content (AvgIpc) is 2.54. The van der Waals surface area contributed by atoms with E-state index in [4.69, 9.17) is 39.7 Å². The summed E-state index contributed by atoms with van der Waals surface area (Å²) >= 11 is 17.1. The van der Waals surface area contributed by atoms with Crippen molar-refractivity contribution in [1.29, 1.82) is 5.26 Å². The molecule has 1 aromatic heterocycles. The van der Waals surface area contributed by atoms with Crippen LogP contribution in [0.2, 0.25) is 10.2 Å². The maximum Gasteiger partial charge on any atom is 0.161 e. The van der Waals surface area contributed by atoms with E-state index in [1.165, 1.54) is 10.8 Å². The van der Waals surface area contributed by atoms with Crippen molar-refractivity contribution >= 4 is 53.7 Å². The first-order valence-corrected chi connectivity index (χ1v) is 7.89. The number of aromatic nitrogens is 1. The Morgan fingerprint density at radius 1 is 1.57 bits per heavy atom. The van der Waals surface area contributed by atoms with Crippen LogP contribution in [-0.2, 0) is 25.4 Å². The van der Waals surface area contributed by atoms with Gasteiger partial charge in [-0.1, -0.05) is 42.5 Å². The fraction of sp³-hybridized carbons (Fsp3) is 0.143. The molecule has 14 heavy (non-hydrogen) atoms. The Morgan fingerprint density at radius 3 is 2.93 bits per heavy atom. The van der Waals surface area contributed by atoms with Crippen molar-refractivity contribution in [3.63, 3.8) is 0 Å². The van der Waals surface area contributed by atoms with Gasteiger partial charge in [0.05, 0.1) is 5.02 Å². The lowest BCUT2D eigenvalue weighted by Crippen LogP contribution is -1.92. The van der Waals surface area contributed by atoms with Gasteiger partial charge in [0.15, 0.2) is 5.69 Å². The molecule has 72 valence electrons. The van der Waals surface area contributed by atoms with Gasteiger partial charge >= 0.3 is 0 Å². The van der Waals surface area contributed by atoms with Gasteiger partial charge in [-0.3, -0.25) is 0 Å². The second-order valence-electron chi connectivity index (χ2n) is 2.52. The lowest BCUT2D eigenvalue weighted by Gasteiger charge is -2.02. The second-order valence-corrected chi connectivity index (χ2v) is 8.27. The number of nitrogens with zero attached hydrogens (tertiary/aromatic N) is 2. The first-order chi connectivity index (χ1) is 6.63. The van der Waals surface area contributed by atoms with Gasteiger partial charge in [0.25, 0.3) is 0 Å². The fourth-order valence-electron chi connectivity index (χ4n) is 1.07. The maximum absolute atomic E-state index is 8.75. The minimum Gasteiger partial charge on any atom is -0.223 e. The predicted molar refractivity (Wildman–Crippen MR) is 63.3 cm³/mol. The molecule has 0 N–H and O–H groups in total. The number of rotatable bonds is 0. The molecule has 0 radical (unpaired) electrons. The van der Waals surface area contributed by atoms with Crippen LogP contribution in [-0.4, -0.2) is 4.98 Å². The fourth-order valence-corrected chi connectivity index (χ4v) is 5.81. The summed E-state index contributed by atoms with van der Waals surface area (Å²) in [4.78, 5) is 4.75. The molecule has 0 fully saturated rings. The third kappa shape index (κ3) is 1.66. The van der Waals surface area contributed by atoms with Crippen LogP contribution in [0, 0.1) is 11.3 Å². The van der Waals surface area contributed by atoms with Crippen LogP contribution in [0.4, 0.5) is 0 Å². The highest BCUT2D eigenvalue weighted by atomic mass is 35.5. The Morgan fingerprint density at radius 2 is 2.29 bits per heavy atom. The van der Waals surface area contributed by atoms with Crippen molar-refractivity contribution in [3.8, 4) is 6.07 Å². The average molecular weight is 281 g/mol. The van der Waals surface area contributed by atoms with E-state index in [1.807, 2.05) is 6.07 Å². The van der Waals surface area contributed by atoms with Crippen molar-refractivity contribution in [2.75, 3.05) is 0 Å². The number of nitriles is 1. The highest BCUT2D eigenvalue weighted by Gasteiger charge is 2.25. The van der Waals surface area contributed by atoms with E-state index in [0.29, 0.717) is 15.9 Å². The highest BCUT2D eigenvalue weighted by molar-refractivity contribution is 8.82. The Balaban J connectivity index is 2.71. The van der Waals surface area contributed by atoms with Gasteiger partial charge in [0, 0.05) is 16.2 Å². The maximum atomic E-state index is 8.75. The molecule has 0 spiro atoms. The Hall–Kier alpha value is 0.140. The van der Waals surface area contributed by atoms with Crippen molar-refractivity contribution < 1.29 is 0 Å². The van der Waals surface area contributed by atoms with Crippen LogP contribution in [0.5, 0.6) is 0 Å². The van der Waals surface area contributed by atoms with Crippen LogP contribution < -0.4 is 0 Å². The number of pyridine rings is 1. The smallest absolute Gasteiger partial charge is 0.161 e. The summed E-state index contributed by atoms with van der Waals surface area (Å²) < 4.78 is 0. The van der Waals surface area contributed by atoms with Gasteiger partial charge in [0.2, 0.25) is 0 Å². The molecule has 2 nitrogen and oxygen atoms in total. The molecule has 1 atom stereocenters. The third-order valence-corrected chi connectivity index (χ3v) is 6.18. The van der Waals surface area contributed by atoms with E-state index in [2.05, 4.69) is 4.98 Å². The molecular weight excluding hydrogens is 279 g/mol. The summed E-state index contributed by atoms with van der Waals surface area (Å²) in [5, 5.41) is 9.49. The molecule has 1 aromatic rings. The van der Waals surface area contributed by atoms with Gasteiger partial charge in [-0.05, 0) is 11.2 Å². The molecule has 2 heterocycles. The number of hydrogen-bond donors (Lipinski definition) is 0. The molecule has 0 bridgehead atoms. The lowest BCUT2D eigenvalue weighted by atomic mass is 10.3. The molecule has 0 aliphatic carbocycles. The van der Waals surface area contributed by atoms with Crippen LogP contribution in [0.15, 0.2) is 4.90 Å². The summed E-state index contributed by atoms with van der Waals surface area (Å²) in [5.74, 6) is 0.715. The van der Waals surface area contributed by atoms with Crippen molar-refractivity contribution in [2.45, 2.75) is 10.6 Å². The SMILES string of the molecule is N#Cc1nc(Cl)c2c(c1Cl)SS(=S)C2. The van der Waals surface area contributed by atoms with Crippen molar-refractivity contribution in [1.82, 2.24) is 4.98 Å². The van der Waals surface area contributed by atoms with E-state index in [1.54, 1.807) is 0 Å². The zero-order valence-electron chi connectivity index (χ0n) is 6.58. The first-order valence-electron chi connectivity index (χ1n) is 3.48. The monoisotopic (exact) mass is 280 g/mol. The Labute approximate surface area is 102 Å². The molecule has 0 saturated carbocycles. The number of halogens is 2. The molecule has 2 rings (SSSR count). The summed E-state index contributed by atoms with van der Waals surface area (Å²) in [7, 11) is 1.28. The molecular formula is C7H2Cl2N2S3. The summed E-state index contributed by atoms with van der Waals surface area (Å²) in [6, 6.07) is 1.91. The zero-order chi connectivity index (χ0) is 10.3. The highest BCUT2D eigenvalue weighted by Crippen LogP contribution is 2.44. The normalized spacial score (nSPS) is 19.1. The van der Waals surface area contributed by atoms with Crippen LogP contribution >= 0.6 is 34.0 Å². The Kier molecular flexibility index (Phi) is 3.01. The van der Waals surface area contributed by atoms with Gasteiger partial charge < -0.3 is 0 Å². The van der Waals surface area contributed by atoms with E-state index >= 15 is 0 Å². The molecule has 1 aliphatic rings. The summed E-state index contributed by atoms with van der Waals surface area (Å²) in [6.07, 6.45) is 0. The van der Waals surface area contributed by atoms with Gasteiger partial charge in [-0.25, -0.2) is 4.98 Å². The van der Waals surface area contributed by atoms with Gasteiger partial charge in [-0.15, -0.1) is 0 Å². The Bertz CT molecular complexity index is 481. The minimum atomic E-state index is -0.218. The van der Waals surface area contributed by atoms with E-state index in [0.717, 1.165) is 10.5 Å². The van der Waals surface area contributed by atoms with E-state index in [9.17, 15) is 0 Å². The molecule has 0 saturated heterocycles. The second kappa shape index (κ2) is 3.95. The number of hydrogen-bond acceptors (Lipinski definition) is 4. The summed E-state index contributed by atoms with van der Waals surface area (Å²) in [6.45, 7) is 0.